The molecule has 1 aromatic rings. The lowest BCUT2D eigenvalue weighted by Crippen LogP contribution is -2.32. The van der Waals surface area contributed by atoms with Crippen LogP contribution in [0.25, 0.3) is 0 Å². The van der Waals surface area contributed by atoms with Gasteiger partial charge in [-0.05, 0) is 12.1 Å². The molecule has 0 saturated heterocycles. The predicted molar refractivity (Wildman–Crippen MR) is 40.2 cm³/mol. The fraction of sp³-hybridized carbons (Fsp3) is 0. The number of urea groups is 1. The van der Waals surface area contributed by atoms with Crippen molar-refractivity contribution in [1.82, 2.24) is 0 Å². The Kier molecular flexibility index (Phi) is 2.43. The maximum absolute atomic E-state index is 12.5. The second-order valence-corrected chi connectivity index (χ2v) is 2.25. The molecule has 3 N–H and O–H groups in total. The molecule has 70 valence electrons. The summed E-state index contributed by atoms with van der Waals surface area (Å²) in [6.07, 6.45) is 0. The normalized spacial score (nSPS) is 9.77. The van der Waals surface area contributed by atoms with Crippen molar-refractivity contribution in [3.8, 4) is 0 Å². The van der Waals surface area contributed by atoms with Gasteiger partial charge in [-0.3, -0.25) is 5.21 Å². The highest BCUT2D eigenvalue weighted by Gasteiger charge is 2.11. The standard InChI is InChI=1S/C7H6F2N2O2/c8-5-2-1-4(3-6(5)9)11(13)7(10)12/h1-3,13H,(H2,10,12). The molecule has 0 saturated carbocycles. The van der Waals surface area contributed by atoms with Crippen LogP contribution >= 0.6 is 0 Å². The Morgan fingerprint density at radius 2 is 2.00 bits per heavy atom. The number of nitrogens with zero attached hydrogens (tertiary/aromatic N) is 1. The molecule has 0 fully saturated rings. The molecule has 0 aliphatic carbocycles. The SMILES string of the molecule is NC(=O)N(O)c1ccc(F)c(F)c1. The van der Waals surface area contributed by atoms with E-state index in [1.807, 2.05) is 0 Å². The fourth-order valence-corrected chi connectivity index (χ4v) is 0.744. The first kappa shape index (κ1) is 9.40. The van der Waals surface area contributed by atoms with Crippen LogP contribution in [0, 0.1) is 11.6 Å². The molecule has 0 spiro atoms. The van der Waals surface area contributed by atoms with Gasteiger partial charge in [-0.15, -0.1) is 0 Å². The van der Waals surface area contributed by atoms with Crippen molar-refractivity contribution in [2.45, 2.75) is 0 Å². The number of hydroxylamine groups is 1. The topological polar surface area (TPSA) is 66.6 Å². The average Bonchev–Trinajstić information content (AvgIpc) is 2.08. The highest BCUT2D eigenvalue weighted by Crippen LogP contribution is 2.15. The van der Waals surface area contributed by atoms with Crippen LogP contribution in [0.4, 0.5) is 19.3 Å². The number of nitrogens with two attached hydrogens (primary N) is 1. The molecule has 6 heteroatoms. The zero-order valence-electron chi connectivity index (χ0n) is 6.37. The van der Waals surface area contributed by atoms with Crippen molar-refractivity contribution < 1.29 is 18.8 Å². The molecule has 0 unspecified atom stereocenters. The second kappa shape index (κ2) is 3.36. The number of hydrogen-bond donors (Lipinski definition) is 2. The van der Waals surface area contributed by atoms with Crippen molar-refractivity contribution >= 4 is 11.7 Å². The van der Waals surface area contributed by atoms with Gasteiger partial charge in [-0.2, -0.15) is 5.06 Å². The highest BCUT2D eigenvalue weighted by molar-refractivity contribution is 5.87. The Morgan fingerprint density at radius 3 is 2.46 bits per heavy atom. The van der Waals surface area contributed by atoms with E-state index in [4.69, 9.17) is 5.21 Å². The third-order valence-corrected chi connectivity index (χ3v) is 1.36. The van der Waals surface area contributed by atoms with Crippen LogP contribution in [0.3, 0.4) is 0 Å². The Hall–Kier alpha value is -1.69. The van der Waals surface area contributed by atoms with Crippen LogP contribution in [0.1, 0.15) is 0 Å². The molecule has 0 aliphatic heterocycles. The van der Waals surface area contributed by atoms with Crippen molar-refractivity contribution in [2.75, 3.05) is 5.06 Å². The molecule has 2 amide bonds. The summed E-state index contributed by atoms with van der Waals surface area (Å²) in [6.45, 7) is 0. The van der Waals surface area contributed by atoms with Crippen molar-refractivity contribution in [2.24, 2.45) is 5.73 Å². The Balaban J connectivity index is 3.03. The summed E-state index contributed by atoms with van der Waals surface area (Å²) in [7, 11) is 0. The fourth-order valence-electron chi connectivity index (χ4n) is 0.744. The highest BCUT2D eigenvalue weighted by atomic mass is 19.2. The molecule has 0 radical (unpaired) electrons. The van der Waals surface area contributed by atoms with Crippen molar-refractivity contribution in [3.63, 3.8) is 0 Å². The molecule has 0 aliphatic rings. The lowest BCUT2D eigenvalue weighted by molar-refractivity contribution is 0.212. The van der Waals surface area contributed by atoms with Crippen LogP contribution in [-0.4, -0.2) is 11.2 Å². The minimum atomic E-state index is -1.17. The quantitative estimate of drug-likeness (QED) is 0.514. The lowest BCUT2D eigenvalue weighted by atomic mass is 10.3. The number of halogens is 2. The minimum Gasteiger partial charge on any atom is -0.349 e. The van der Waals surface area contributed by atoms with Gasteiger partial charge in [0.1, 0.15) is 0 Å². The summed E-state index contributed by atoms with van der Waals surface area (Å²) in [4.78, 5) is 10.4. The Bertz CT molecular complexity index is 343. The summed E-state index contributed by atoms with van der Waals surface area (Å²) in [5.41, 5.74) is 4.45. The van der Waals surface area contributed by atoms with Gasteiger partial charge in [-0.25, -0.2) is 13.6 Å². The number of anilines is 1. The van der Waals surface area contributed by atoms with Crippen LogP contribution in [-0.2, 0) is 0 Å². The summed E-state index contributed by atoms with van der Waals surface area (Å²) < 4.78 is 24.9. The first-order chi connectivity index (χ1) is 6.02. The van der Waals surface area contributed by atoms with E-state index < -0.39 is 17.7 Å². The zero-order valence-corrected chi connectivity index (χ0v) is 6.37. The zero-order chi connectivity index (χ0) is 10.0. The predicted octanol–water partition coefficient (Wildman–Crippen LogP) is 1.24. The van der Waals surface area contributed by atoms with Gasteiger partial charge in [0.15, 0.2) is 11.6 Å². The molecule has 0 atom stereocenters. The second-order valence-electron chi connectivity index (χ2n) is 2.25. The molecule has 0 heterocycles. The molecule has 1 aromatic carbocycles. The molecule has 0 aromatic heterocycles. The number of rotatable bonds is 1. The summed E-state index contributed by atoms with van der Waals surface area (Å²) in [6, 6.07) is 1.27. The van der Waals surface area contributed by atoms with E-state index in [1.165, 1.54) is 0 Å². The molecule has 1 rings (SSSR count). The van der Waals surface area contributed by atoms with Gasteiger partial charge < -0.3 is 5.73 Å². The number of hydrogen-bond acceptors (Lipinski definition) is 2. The molecule has 0 bridgehead atoms. The van der Waals surface area contributed by atoms with Crippen molar-refractivity contribution in [3.05, 3.63) is 29.8 Å². The van der Waals surface area contributed by atoms with Gasteiger partial charge in [-0.1, -0.05) is 0 Å². The average molecular weight is 188 g/mol. The maximum atomic E-state index is 12.5. The minimum absolute atomic E-state index is 0.0164. The van der Waals surface area contributed by atoms with Crippen LogP contribution in [0.2, 0.25) is 0 Å². The van der Waals surface area contributed by atoms with Gasteiger partial charge in [0.25, 0.3) is 0 Å². The van der Waals surface area contributed by atoms with Crippen LogP contribution in [0.5, 0.6) is 0 Å². The summed E-state index contributed by atoms with van der Waals surface area (Å²) in [5, 5.41) is 8.90. The van der Waals surface area contributed by atoms with E-state index in [0.717, 1.165) is 12.1 Å². The Labute approximate surface area is 72.1 Å². The first-order valence-electron chi connectivity index (χ1n) is 3.26. The smallest absolute Gasteiger partial charge is 0.343 e. The largest absolute Gasteiger partial charge is 0.349 e. The monoisotopic (exact) mass is 188 g/mol. The number of primary amides is 1. The summed E-state index contributed by atoms with van der Waals surface area (Å²) >= 11 is 0. The van der Waals surface area contributed by atoms with Gasteiger partial charge >= 0.3 is 6.03 Å². The summed E-state index contributed by atoms with van der Waals surface area (Å²) in [5.74, 6) is -2.24. The van der Waals surface area contributed by atoms with E-state index >= 15 is 0 Å². The third-order valence-electron chi connectivity index (χ3n) is 1.36. The lowest BCUT2D eigenvalue weighted by Gasteiger charge is -2.11. The number of carbonyl (C=O) groups is 1. The first-order valence-corrected chi connectivity index (χ1v) is 3.26. The van der Waals surface area contributed by atoms with Gasteiger partial charge in [0.05, 0.1) is 5.69 Å². The van der Waals surface area contributed by atoms with Gasteiger partial charge in [0.2, 0.25) is 0 Å². The van der Waals surface area contributed by atoms with E-state index in [0.29, 0.717) is 6.07 Å². The number of benzene rings is 1. The number of carbonyl (C=O) groups excluding carboxylic acids is 1. The Morgan fingerprint density at radius 1 is 1.38 bits per heavy atom. The van der Waals surface area contributed by atoms with Crippen molar-refractivity contribution in [1.29, 1.82) is 0 Å². The van der Waals surface area contributed by atoms with E-state index in [1.54, 1.807) is 0 Å². The van der Waals surface area contributed by atoms with E-state index in [-0.39, 0.29) is 10.8 Å². The molecular formula is C7H6F2N2O2. The third kappa shape index (κ3) is 1.91. The van der Waals surface area contributed by atoms with E-state index in [2.05, 4.69) is 5.73 Å². The molecular weight excluding hydrogens is 182 g/mol. The van der Waals surface area contributed by atoms with Crippen LogP contribution < -0.4 is 10.8 Å². The van der Waals surface area contributed by atoms with Crippen LogP contribution in [0.15, 0.2) is 18.2 Å². The van der Waals surface area contributed by atoms with E-state index in [9.17, 15) is 13.6 Å². The molecule has 13 heavy (non-hydrogen) atoms. The van der Waals surface area contributed by atoms with Gasteiger partial charge in [0, 0.05) is 6.07 Å². The molecule has 4 nitrogen and oxygen atoms in total. The maximum Gasteiger partial charge on any atom is 0.343 e. The number of amides is 2.